The van der Waals surface area contributed by atoms with Crippen LogP contribution in [0, 0.1) is 5.82 Å². The first-order chi connectivity index (χ1) is 16.0. The van der Waals surface area contributed by atoms with Crippen molar-refractivity contribution in [2.45, 2.75) is 19.4 Å². The topological polar surface area (TPSA) is 128 Å². The molecule has 0 unspecified atom stereocenters. The molecule has 12 heteroatoms. The largest absolute Gasteiger partial charge is 0.497 e. The molecular formula is C21H28FN5O5S. The van der Waals surface area contributed by atoms with Crippen molar-refractivity contribution in [3.8, 4) is 11.6 Å². The Balaban J connectivity index is 1.48. The molecular weight excluding hydrogens is 453 g/mol. The van der Waals surface area contributed by atoms with E-state index in [2.05, 4.69) is 19.9 Å². The van der Waals surface area contributed by atoms with Crippen LogP contribution in [-0.4, -0.2) is 67.7 Å². The fraction of sp³-hybridized carbons (Fsp3) is 0.476. The van der Waals surface area contributed by atoms with Crippen LogP contribution in [0.4, 0.5) is 14.2 Å². The summed E-state index contributed by atoms with van der Waals surface area (Å²) >= 11 is 0.861. The van der Waals surface area contributed by atoms with Gasteiger partial charge in [-0.1, -0.05) is 0 Å². The summed E-state index contributed by atoms with van der Waals surface area (Å²) in [5.41, 5.74) is 5.65. The number of nitrogens with two attached hydrogens (primary N) is 1. The van der Waals surface area contributed by atoms with Crippen LogP contribution in [0.1, 0.15) is 28.8 Å². The molecule has 180 valence electrons. The number of amides is 3. The molecule has 1 aromatic carbocycles. The van der Waals surface area contributed by atoms with Gasteiger partial charge in [-0.05, 0) is 43.1 Å². The van der Waals surface area contributed by atoms with Crippen molar-refractivity contribution in [3.05, 3.63) is 35.1 Å². The molecule has 33 heavy (non-hydrogen) atoms. The highest BCUT2D eigenvalue weighted by molar-refractivity contribution is 7.11. The van der Waals surface area contributed by atoms with Crippen LogP contribution >= 0.6 is 11.5 Å². The van der Waals surface area contributed by atoms with Gasteiger partial charge >= 0.3 is 6.03 Å². The molecule has 3 rings (SSSR count). The van der Waals surface area contributed by atoms with Crippen molar-refractivity contribution in [2.75, 3.05) is 51.8 Å². The average Bonchev–Trinajstić information content (AvgIpc) is 3.21. The molecule has 1 aliphatic heterocycles. The van der Waals surface area contributed by atoms with E-state index in [4.69, 9.17) is 19.9 Å². The summed E-state index contributed by atoms with van der Waals surface area (Å²) in [6.45, 7) is 4.67. The van der Waals surface area contributed by atoms with E-state index >= 15 is 0 Å². The molecule has 2 aromatic rings. The number of hydrogen-bond acceptors (Lipinski definition) is 8. The predicted molar refractivity (Wildman–Crippen MR) is 121 cm³/mol. The Bertz CT molecular complexity index is 951. The lowest BCUT2D eigenvalue weighted by Crippen LogP contribution is -2.37. The first-order valence-electron chi connectivity index (χ1n) is 10.6. The van der Waals surface area contributed by atoms with Gasteiger partial charge in [0.15, 0.2) is 0 Å². The van der Waals surface area contributed by atoms with Crippen molar-refractivity contribution in [1.82, 2.24) is 14.6 Å². The molecule has 2 heterocycles. The molecule has 0 bridgehead atoms. The Hall–Kier alpha value is -2.96. The summed E-state index contributed by atoms with van der Waals surface area (Å²) in [6.07, 6.45) is 1.77. The predicted octanol–water partition coefficient (Wildman–Crippen LogP) is 2.20. The minimum Gasteiger partial charge on any atom is -0.497 e. The van der Waals surface area contributed by atoms with E-state index in [1.807, 2.05) is 0 Å². The van der Waals surface area contributed by atoms with Crippen molar-refractivity contribution in [2.24, 2.45) is 5.73 Å². The second kappa shape index (κ2) is 12.3. The molecule has 4 N–H and O–H groups in total. The van der Waals surface area contributed by atoms with Gasteiger partial charge in [-0.15, -0.1) is 0 Å². The zero-order valence-electron chi connectivity index (χ0n) is 18.4. The van der Waals surface area contributed by atoms with E-state index < -0.39 is 17.8 Å². The summed E-state index contributed by atoms with van der Waals surface area (Å²) < 4.78 is 33.9. The number of carbonyl (C=O) groups excluding carboxylic acids is 2. The molecule has 1 aromatic heterocycles. The molecule has 1 fully saturated rings. The van der Waals surface area contributed by atoms with Crippen molar-refractivity contribution >= 4 is 28.5 Å². The molecule has 3 amide bonds. The Labute approximate surface area is 195 Å². The summed E-state index contributed by atoms with van der Waals surface area (Å²) in [5, 5.41) is 5.50. The van der Waals surface area contributed by atoms with Crippen LogP contribution in [-0.2, 0) is 11.3 Å². The Morgan fingerprint density at radius 3 is 2.79 bits per heavy atom. The van der Waals surface area contributed by atoms with E-state index in [1.54, 1.807) is 6.07 Å². The SMILES string of the molecule is COc1ccc(COc2nsc(NC(=O)NCCCCN3CCOCC3)c2C(N)=O)c(F)c1. The van der Waals surface area contributed by atoms with Gasteiger partial charge in [-0.3, -0.25) is 15.0 Å². The molecule has 0 atom stereocenters. The number of primary amides is 1. The van der Waals surface area contributed by atoms with E-state index in [0.717, 1.165) is 57.2 Å². The van der Waals surface area contributed by atoms with Crippen molar-refractivity contribution in [1.29, 1.82) is 0 Å². The van der Waals surface area contributed by atoms with Crippen LogP contribution in [0.2, 0.25) is 0 Å². The lowest BCUT2D eigenvalue weighted by molar-refractivity contribution is 0.0372. The standard InChI is InChI=1S/C21H28FN5O5S/c1-30-15-5-4-14(16(22)12-15)13-32-19-17(18(23)28)20(33-26-19)25-21(29)24-6-2-3-7-27-8-10-31-11-9-27/h4-5,12H,2-3,6-11,13H2,1H3,(H2,23,28)(H2,24,25,29). The Kier molecular flexibility index (Phi) is 9.22. The first kappa shape index (κ1) is 24.7. The van der Waals surface area contributed by atoms with Crippen LogP contribution in [0.25, 0.3) is 0 Å². The number of carbonyl (C=O) groups is 2. The van der Waals surface area contributed by atoms with E-state index in [-0.39, 0.29) is 28.6 Å². The number of urea groups is 1. The Morgan fingerprint density at radius 1 is 1.30 bits per heavy atom. The number of hydrogen-bond donors (Lipinski definition) is 3. The summed E-state index contributed by atoms with van der Waals surface area (Å²) in [6, 6.07) is 3.86. The molecule has 0 radical (unpaired) electrons. The third kappa shape index (κ3) is 7.27. The maximum Gasteiger partial charge on any atom is 0.319 e. The van der Waals surface area contributed by atoms with Gasteiger partial charge in [0.25, 0.3) is 5.91 Å². The van der Waals surface area contributed by atoms with Crippen LogP contribution in [0.5, 0.6) is 11.6 Å². The van der Waals surface area contributed by atoms with Gasteiger partial charge in [-0.25, -0.2) is 9.18 Å². The third-order valence-electron chi connectivity index (χ3n) is 5.05. The van der Waals surface area contributed by atoms with Crippen LogP contribution in [0.15, 0.2) is 18.2 Å². The number of halogens is 1. The van der Waals surface area contributed by atoms with Gasteiger partial charge in [0, 0.05) is 31.3 Å². The number of benzene rings is 1. The molecule has 0 spiro atoms. The highest BCUT2D eigenvalue weighted by Gasteiger charge is 2.22. The monoisotopic (exact) mass is 481 g/mol. The van der Waals surface area contributed by atoms with Crippen molar-refractivity contribution in [3.63, 3.8) is 0 Å². The lowest BCUT2D eigenvalue weighted by atomic mass is 10.2. The Morgan fingerprint density at radius 2 is 2.09 bits per heavy atom. The zero-order chi connectivity index (χ0) is 23.6. The summed E-state index contributed by atoms with van der Waals surface area (Å²) in [5.74, 6) is -1.02. The minimum absolute atomic E-state index is 0.0589. The second-order valence-corrected chi connectivity index (χ2v) is 8.12. The lowest BCUT2D eigenvalue weighted by Gasteiger charge is -2.26. The van der Waals surface area contributed by atoms with Crippen LogP contribution < -0.4 is 25.8 Å². The molecule has 1 aliphatic rings. The summed E-state index contributed by atoms with van der Waals surface area (Å²) in [4.78, 5) is 26.5. The number of aromatic nitrogens is 1. The molecule has 10 nitrogen and oxygen atoms in total. The van der Waals surface area contributed by atoms with E-state index in [9.17, 15) is 14.0 Å². The van der Waals surface area contributed by atoms with E-state index in [1.165, 1.54) is 19.2 Å². The van der Waals surface area contributed by atoms with E-state index in [0.29, 0.717) is 12.3 Å². The normalized spacial score (nSPS) is 14.0. The maximum atomic E-state index is 14.1. The highest BCUT2D eigenvalue weighted by Crippen LogP contribution is 2.31. The number of nitrogens with one attached hydrogen (secondary N) is 2. The number of methoxy groups -OCH3 is 1. The van der Waals surface area contributed by atoms with Crippen molar-refractivity contribution < 1.29 is 28.2 Å². The van der Waals surface area contributed by atoms with Gasteiger partial charge in [-0.2, -0.15) is 4.37 Å². The van der Waals surface area contributed by atoms with Crippen LogP contribution in [0.3, 0.4) is 0 Å². The number of morpholine rings is 1. The summed E-state index contributed by atoms with van der Waals surface area (Å²) in [7, 11) is 1.44. The minimum atomic E-state index is -0.810. The number of unbranched alkanes of at least 4 members (excludes halogenated alkanes) is 1. The fourth-order valence-corrected chi connectivity index (χ4v) is 3.96. The fourth-order valence-electron chi connectivity index (χ4n) is 3.23. The third-order valence-corrected chi connectivity index (χ3v) is 5.80. The number of anilines is 1. The van der Waals surface area contributed by atoms with Gasteiger partial charge in [0.05, 0.1) is 20.3 Å². The molecule has 0 aliphatic carbocycles. The number of rotatable bonds is 11. The molecule has 1 saturated heterocycles. The highest BCUT2D eigenvalue weighted by atomic mass is 32.1. The average molecular weight is 482 g/mol. The smallest absolute Gasteiger partial charge is 0.319 e. The maximum absolute atomic E-state index is 14.1. The first-order valence-corrected chi connectivity index (χ1v) is 11.3. The number of ether oxygens (including phenoxy) is 3. The van der Waals surface area contributed by atoms with Gasteiger partial charge in [0.2, 0.25) is 5.88 Å². The zero-order valence-corrected chi connectivity index (χ0v) is 19.2. The second-order valence-electron chi connectivity index (χ2n) is 7.34. The quantitative estimate of drug-likeness (QED) is 0.420. The van der Waals surface area contributed by atoms with Gasteiger partial charge < -0.3 is 25.3 Å². The number of nitrogens with zero attached hydrogens (tertiary/aromatic N) is 2. The molecule has 0 saturated carbocycles. The van der Waals surface area contributed by atoms with Gasteiger partial charge in [0.1, 0.15) is 28.7 Å².